The van der Waals surface area contributed by atoms with Crippen molar-refractivity contribution in [2.45, 2.75) is 44.1 Å². The summed E-state index contributed by atoms with van der Waals surface area (Å²) in [6, 6.07) is 0. The number of carbonyl (C=O) groups excluding carboxylic acids is 1. The molecule has 8 heteroatoms. The number of piperazine rings is 1. The highest BCUT2D eigenvalue weighted by Crippen LogP contribution is 2.22. The molecule has 1 aliphatic rings. The van der Waals surface area contributed by atoms with Crippen LogP contribution < -0.4 is 5.69 Å². The predicted octanol–water partition coefficient (Wildman–Crippen LogP) is 0.626. The Morgan fingerprint density at radius 3 is 2.59 bits per heavy atom. The van der Waals surface area contributed by atoms with E-state index in [4.69, 9.17) is 0 Å². The number of likely N-dealkylation sites (N-methyl/N-ethyl adjacent to an activating group) is 1. The molecule has 0 bridgehead atoms. The minimum absolute atomic E-state index is 0.124. The third-order valence-electron chi connectivity index (χ3n) is 3.93. The number of nitrogens with zero attached hydrogens (tertiary/aromatic N) is 4. The van der Waals surface area contributed by atoms with E-state index >= 15 is 0 Å². The molecule has 0 radical (unpaired) electrons. The molecule has 22 heavy (non-hydrogen) atoms. The Balaban J connectivity index is 1.96. The van der Waals surface area contributed by atoms with Crippen LogP contribution in [-0.4, -0.2) is 68.4 Å². The Morgan fingerprint density at radius 1 is 1.32 bits per heavy atom. The van der Waals surface area contributed by atoms with Gasteiger partial charge in [0.1, 0.15) is 0 Å². The Morgan fingerprint density at radius 2 is 2.00 bits per heavy atom. The van der Waals surface area contributed by atoms with Gasteiger partial charge in [0, 0.05) is 32.7 Å². The molecule has 1 atom stereocenters. The molecule has 0 spiro atoms. The molecular weight excluding hydrogens is 302 g/mol. The number of thioether (sulfide) groups is 1. The third kappa shape index (κ3) is 3.92. The number of H-pyrrole nitrogens is 1. The predicted molar refractivity (Wildman–Crippen MR) is 87.2 cm³/mol. The summed E-state index contributed by atoms with van der Waals surface area (Å²) in [5, 5.41) is 6.86. The number of amides is 1. The van der Waals surface area contributed by atoms with Crippen molar-refractivity contribution in [1.29, 1.82) is 0 Å². The van der Waals surface area contributed by atoms with Crippen molar-refractivity contribution < 1.29 is 4.79 Å². The lowest BCUT2D eigenvalue weighted by Gasteiger charge is -2.35. The highest BCUT2D eigenvalue weighted by Gasteiger charge is 2.26. The van der Waals surface area contributed by atoms with Crippen molar-refractivity contribution >= 4 is 17.7 Å². The van der Waals surface area contributed by atoms with Gasteiger partial charge < -0.3 is 9.80 Å². The van der Waals surface area contributed by atoms with Crippen LogP contribution in [0.15, 0.2) is 9.95 Å². The Kier molecular flexibility index (Phi) is 6.07. The van der Waals surface area contributed by atoms with Gasteiger partial charge in [-0.15, -0.1) is 5.10 Å². The smallest absolute Gasteiger partial charge is 0.339 e. The van der Waals surface area contributed by atoms with Crippen LogP contribution in [0.2, 0.25) is 0 Å². The lowest BCUT2D eigenvalue weighted by Crippen LogP contribution is -2.50. The van der Waals surface area contributed by atoms with Crippen molar-refractivity contribution in [2.24, 2.45) is 0 Å². The van der Waals surface area contributed by atoms with E-state index in [1.54, 1.807) is 4.57 Å². The molecule has 124 valence electrons. The summed E-state index contributed by atoms with van der Waals surface area (Å²) in [5.74, 6) is 0.124. The second-order valence-electron chi connectivity index (χ2n) is 5.48. The molecule has 1 aromatic rings. The fraction of sp³-hybridized carbons (Fsp3) is 0.786. The van der Waals surface area contributed by atoms with E-state index in [0.717, 1.165) is 39.1 Å². The van der Waals surface area contributed by atoms with Crippen LogP contribution in [0.3, 0.4) is 0 Å². The van der Waals surface area contributed by atoms with Crippen LogP contribution in [0, 0.1) is 0 Å². The summed E-state index contributed by atoms with van der Waals surface area (Å²) in [7, 11) is 0. The van der Waals surface area contributed by atoms with E-state index in [-0.39, 0.29) is 16.8 Å². The van der Waals surface area contributed by atoms with Crippen LogP contribution in [0.4, 0.5) is 0 Å². The van der Waals surface area contributed by atoms with Gasteiger partial charge in [-0.25, -0.2) is 9.89 Å². The van der Waals surface area contributed by atoms with E-state index in [9.17, 15) is 9.59 Å². The summed E-state index contributed by atoms with van der Waals surface area (Å²) in [5.41, 5.74) is -0.208. The van der Waals surface area contributed by atoms with E-state index < -0.39 is 0 Å². The van der Waals surface area contributed by atoms with Crippen LogP contribution in [-0.2, 0) is 11.3 Å². The fourth-order valence-electron chi connectivity index (χ4n) is 2.56. The Bertz CT molecular complexity index is 548. The van der Waals surface area contributed by atoms with Gasteiger partial charge in [-0.2, -0.15) is 0 Å². The van der Waals surface area contributed by atoms with Crippen molar-refractivity contribution in [1.82, 2.24) is 24.6 Å². The van der Waals surface area contributed by atoms with Crippen molar-refractivity contribution in [3.63, 3.8) is 0 Å². The first-order valence-corrected chi connectivity index (χ1v) is 8.77. The number of rotatable bonds is 6. The first kappa shape index (κ1) is 17.1. The zero-order valence-electron chi connectivity index (χ0n) is 13.5. The Hall–Kier alpha value is -1.28. The molecule has 1 aliphatic heterocycles. The molecule has 0 saturated carbocycles. The zero-order chi connectivity index (χ0) is 16.1. The summed E-state index contributed by atoms with van der Waals surface area (Å²) < 4.78 is 1.60. The molecule has 2 heterocycles. The molecule has 1 saturated heterocycles. The highest BCUT2D eigenvalue weighted by atomic mass is 32.2. The lowest BCUT2D eigenvalue weighted by molar-refractivity contribution is -0.132. The average Bonchev–Trinajstić information content (AvgIpc) is 2.88. The van der Waals surface area contributed by atoms with Gasteiger partial charge in [-0.1, -0.05) is 25.6 Å². The molecule has 1 amide bonds. The first-order valence-electron chi connectivity index (χ1n) is 7.89. The van der Waals surface area contributed by atoms with Crippen molar-refractivity contribution in [3.8, 4) is 0 Å². The van der Waals surface area contributed by atoms with Crippen LogP contribution in [0.1, 0.15) is 27.2 Å². The topological polar surface area (TPSA) is 74.2 Å². The number of aromatic amines is 1. The van der Waals surface area contributed by atoms with Gasteiger partial charge in [-0.3, -0.25) is 9.36 Å². The molecule has 1 aromatic heterocycles. The summed E-state index contributed by atoms with van der Waals surface area (Å²) in [6.45, 7) is 11.1. The maximum absolute atomic E-state index is 12.5. The number of carbonyl (C=O) groups is 1. The van der Waals surface area contributed by atoms with Gasteiger partial charge >= 0.3 is 5.69 Å². The Labute approximate surface area is 135 Å². The van der Waals surface area contributed by atoms with Gasteiger partial charge in [0.25, 0.3) is 0 Å². The van der Waals surface area contributed by atoms with E-state index in [0.29, 0.717) is 11.7 Å². The van der Waals surface area contributed by atoms with Crippen LogP contribution in [0.5, 0.6) is 0 Å². The maximum atomic E-state index is 12.5. The molecule has 0 unspecified atom stereocenters. The minimum atomic E-state index is -0.237. The van der Waals surface area contributed by atoms with E-state index in [2.05, 4.69) is 22.0 Å². The first-order chi connectivity index (χ1) is 10.6. The molecule has 0 aromatic carbocycles. The number of hydrogen-bond donors (Lipinski definition) is 1. The zero-order valence-corrected chi connectivity index (χ0v) is 14.4. The summed E-state index contributed by atoms with van der Waals surface area (Å²) in [6.07, 6.45) is 0.855. The molecule has 1 fully saturated rings. The molecular formula is C14H25N5O2S. The third-order valence-corrected chi connectivity index (χ3v) is 5.01. The van der Waals surface area contributed by atoms with Crippen LogP contribution in [0.25, 0.3) is 0 Å². The molecule has 1 N–H and O–H groups in total. The van der Waals surface area contributed by atoms with Gasteiger partial charge in [0.2, 0.25) is 5.91 Å². The quantitative estimate of drug-likeness (QED) is 0.776. The molecule has 0 aliphatic carbocycles. The van der Waals surface area contributed by atoms with Gasteiger partial charge in [0.15, 0.2) is 5.16 Å². The lowest BCUT2D eigenvalue weighted by atomic mass is 10.3. The standard InChI is InChI=1S/C14H25N5O2S/c1-4-6-19-13(21)15-16-14(19)22-11(3)12(20)18-9-7-17(5-2)8-10-18/h11H,4-10H2,1-3H3,(H,15,21)/t11-/m1/s1. The number of hydrogen-bond acceptors (Lipinski definition) is 5. The normalized spacial score (nSPS) is 17.7. The minimum Gasteiger partial charge on any atom is -0.339 e. The van der Waals surface area contributed by atoms with Crippen LogP contribution >= 0.6 is 11.8 Å². The second kappa shape index (κ2) is 7.82. The van der Waals surface area contributed by atoms with Gasteiger partial charge in [0.05, 0.1) is 5.25 Å². The second-order valence-corrected chi connectivity index (χ2v) is 6.79. The van der Waals surface area contributed by atoms with E-state index in [1.165, 1.54) is 11.8 Å². The van der Waals surface area contributed by atoms with Crippen molar-refractivity contribution in [2.75, 3.05) is 32.7 Å². The fourth-order valence-corrected chi connectivity index (χ4v) is 3.53. The largest absolute Gasteiger partial charge is 0.343 e. The molecule has 7 nitrogen and oxygen atoms in total. The number of nitrogens with one attached hydrogen (secondary N) is 1. The van der Waals surface area contributed by atoms with E-state index in [1.807, 2.05) is 18.7 Å². The average molecular weight is 327 g/mol. The maximum Gasteiger partial charge on any atom is 0.343 e. The highest BCUT2D eigenvalue weighted by molar-refractivity contribution is 8.00. The van der Waals surface area contributed by atoms with Crippen molar-refractivity contribution in [3.05, 3.63) is 10.5 Å². The summed E-state index contributed by atoms with van der Waals surface area (Å²) >= 11 is 1.36. The summed E-state index contributed by atoms with van der Waals surface area (Å²) in [4.78, 5) is 28.5. The number of aromatic nitrogens is 3. The SMILES string of the molecule is CCCn1c(S[C@H](C)C(=O)N2CCN(CC)CC2)n[nH]c1=O. The monoisotopic (exact) mass is 327 g/mol. The molecule has 2 rings (SSSR count). The van der Waals surface area contributed by atoms with Gasteiger partial charge in [-0.05, 0) is 19.9 Å².